The van der Waals surface area contributed by atoms with Gasteiger partial charge in [0.05, 0.1) is 18.9 Å². The normalized spacial score (nSPS) is 11.6. The molecule has 154 valence electrons. The molecule has 0 atom stereocenters. The van der Waals surface area contributed by atoms with E-state index in [2.05, 4.69) is 10.1 Å². The van der Waals surface area contributed by atoms with E-state index >= 15 is 0 Å². The van der Waals surface area contributed by atoms with Gasteiger partial charge in [0.25, 0.3) is 5.52 Å². The van der Waals surface area contributed by atoms with E-state index in [0.29, 0.717) is 4.85 Å². The van der Waals surface area contributed by atoms with Gasteiger partial charge in [-0.15, -0.1) is 0 Å². The molecule has 0 fully saturated rings. The van der Waals surface area contributed by atoms with Crippen molar-refractivity contribution in [2.75, 3.05) is 31.2 Å². The first-order chi connectivity index (χ1) is 13.9. The molecule has 0 aliphatic carbocycles. The Morgan fingerprint density at radius 3 is 2.38 bits per heavy atom. The van der Waals surface area contributed by atoms with Crippen LogP contribution in [0.1, 0.15) is 5.56 Å². The molecule has 3 aromatic rings. The molecule has 11 heteroatoms. The number of aliphatic hydroxyl groups excluding tert-OH is 2. The molecule has 3 rings (SSSR count). The van der Waals surface area contributed by atoms with Crippen molar-refractivity contribution in [3.63, 3.8) is 0 Å². The fourth-order valence-corrected chi connectivity index (χ4v) is 3.76. The molecule has 10 nitrogen and oxygen atoms in total. The maximum Gasteiger partial charge on any atom is 0.339 e. The number of nitrogens with zero attached hydrogens (tertiary/aromatic N) is 4. The third-order valence-corrected chi connectivity index (χ3v) is 5.46. The molecule has 0 amide bonds. The minimum atomic E-state index is -4.24. The number of aromatic nitrogens is 3. The quantitative estimate of drug-likeness (QED) is 0.296. The molecular formula is C18H20N4O6S. The average Bonchev–Trinajstić information content (AvgIpc) is 2.69. The zero-order valence-corrected chi connectivity index (χ0v) is 16.4. The van der Waals surface area contributed by atoms with E-state index in [9.17, 15) is 23.8 Å². The van der Waals surface area contributed by atoms with E-state index < -0.39 is 10.1 Å². The Labute approximate surface area is 167 Å². The molecule has 2 N–H and O–H groups in total. The summed E-state index contributed by atoms with van der Waals surface area (Å²) in [6, 6.07) is 8.99. The zero-order chi connectivity index (χ0) is 21.0. The summed E-state index contributed by atoms with van der Waals surface area (Å²) in [5, 5.41) is 34.2. The van der Waals surface area contributed by atoms with E-state index in [1.807, 2.05) is 6.92 Å². The summed E-state index contributed by atoms with van der Waals surface area (Å²) < 4.78 is 31.2. The van der Waals surface area contributed by atoms with E-state index in [1.54, 1.807) is 12.1 Å². The Balaban J connectivity index is 2.18. The molecule has 1 aromatic heterocycles. The van der Waals surface area contributed by atoms with Gasteiger partial charge in [-0.25, -0.2) is 4.98 Å². The van der Waals surface area contributed by atoms with E-state index in [1.165, 1.54) is 29.2 Å². The second kappa shape index (κ2) is 8.55. The SMILES string of the molecule is Cc1ccc(S(=O)(=O)Oc2c(N(CCO)CCO)ccc3c2ncn[n+]3[O-])cc1. The lowest BCUT2D eigenvalue weighted by molar-refractivity contribution is -0.643. The van der Waals surface area contributed by atoms with Crippen molar-refractivity contribution in [1.29, 1.82) is 0 Å². The molecule has 1 heterocycles. The number of hydrogen-bond donors (Lipinski definition) is 2. The Bertz CT molecular complexity index is 1100. The predicted octanol–water partition coefficient (Wildman–Crippen LogP) is 0.130. The summed E-state index contributed by atoms with van der Waals surface area (Å²) in [6.45, 7) is 1.55. The Kier molecular flexibility index (Phi) is 6.11. The van der Waals surface area contributed by atoms with Gasteiger partial charge in [0.2, 0.25) is 0 Å². The van der Waals surface area contributed by atoms with Crippen molar-refractivity contribution in [3.05, 3.63) is 53.5 Å². The maximum absolute atomic E-state index is 12.9. The van der Waals surface area contributed by atoms with Crippen LogP contribution in [0.2, 0.25) is 0 Å². The first kappa shape index (κ1) is 20.7. The number of fused-ring (bicyclic) bond motifs is 1. The highest BCUT2D eigenvalue weighted by molar-refractivity contribution is 7.87. The highest BCUT2D eigenvalue weighted by Crippen LogP contribution is 2.36. The van der Waals surface area contributed by atoms with Gasteiger partial charge in [0, 0.05) is 24.3 Å². The van der Waals surface area contributed by atoms with Crippen LogP contribution in [0, 0.1) is 12.1 Å². The summed E-state index contributed by atoms with van der Waals surface area (Å²) in [7, 11) is -4.24. The number of benzene rings is 2. The number of rotatable bonds is 8. The minimum Gasteiger partial charge on any atom is -0.594 e. The number of aryl methyl sites for hydroxylation is 1. The molecule has 0 aliphatic rings. The molecule has 0 aliphatic heterocycles. The van der Waals surface area contributed by atoms with Crippen LogP contribution in [0.15, 0.2) is 47.6 Å². The molecule has 0 unspecified atom stereocenters. The van der Waals surface area contributed by atoms with Crippen molar-refractivity contribution in [2.24, 2.45) is 0 Å². The number of hydrogen-bond acceptors (Lipinski definition) is 9. The van der Waals surface area contributed by atoms with Gasteiger partial charge in [0.15, 0.2) is 17.6 Å². The van der Waals surface area contributed by atoms with Crippen molar-refractivity contribution < 1.29 is 27.7 Å². The number of anilines is 1. The van der Waals surface area contributed by atoms with Crippen molar-refractivity contribution in [1.82, 2.24) is 10.1 Å². The smallest absolute Gasteiger partial charge is 0.339 e. The summed E-state index contributed by atoms with van der Waals surface area (Å²) in [4.78, 5) is 5.80. The molecule has 29 heavy (non-hydrogen) atoms. The molecule has 0 saturated heterocycles. The topological polar surface area (TPSA) is 140 Å². The maximum atomic E-state index is 12.9. The summed E-state index contributed by atoms with van der Waals surface area (Å²) in [5.74, 6) is -0.183. The van der Waals surface area contributed by atoms with Crippen LogP contribution >= 0.6 is 0 Å². The van der Waals surface area contributed by atoms with Gasteiger partial charge < -0.3 is 24.5 Å². The van der Waals surface area contributed by atoms with E-state index in [4.69, 9.17) is 4.18 Å². The van der Waals surface area contributed by atoms with Crippen LogP contribution in [0.5, 0.6) is 5.75 Å². The Hall–Kier alpha value is -3.02. The second-order valence-corrected chi connectivity index (χ2v) is 7.75. The minimum absolute atomic E-state index is 0.0101. The lowest BCUT2D eigenvalue weighted by Gasteiger charge is -2.25. The molecular weight excluding hydrogens is 400 g/mol. The Morgan fingerprint density at radius 2 is 1.76 bits per heavy atom. The predicted molar refractivity (Wildman–Crippen MR) is 104 cm³/mol. The number of aliphatic hydroxyl groups is 2. The zero-order valence-electron chi connectivity index (χ0n) is 15.6. The van der Waals surface area contributed by atoms with Crippen LogP contribution in [-0.4, -0.2) is 55.0 Å². The van der Waals surface area contributed by atoms with Crippen molar-refractivity contribution in [2.45, 2.75) is 11.8 Å². The summed E-state index contributed by atoms with van der Waals surface area (Å²) in [6.07, 6.45) is 0.993. The third-order valence-electron chi connectivity index (χ3n) is 4.22. The van der Waals surface area contributed by atoms with Crippen LogP contribution in [0.3, 0.4) is 0 Å². The monoisotopic (exact) mass is 420 g/mol. The third kappa shape index (κ3) is 4.36. The average molecular weight is 420 g/mol. The molecule has 0 bridgehead atoms. The van der Waals surface area contributed by atoms with Gasteiger partial charge in [-0.3, -0.25) is 0 Å². The standard InChI is InChI=1S/C18H20N4O6S/c1-13-2-4-14(5-3-13)29(26,27)28-18-16(21(8-10-23)9-11-24)7-6-15-17(18)19-12-20-22(15)25/h2-7,12,23-24H,8-11H2,1H3. The van der Waals surface area contributed by atoms with Crippen molar-refractivity contribution in [3.8, 4) is 5.75 Å². The van der Waals surface area contributed by atoms with Gasteiger partial charge in [-0.05, 0) is 30.0 Å². The fraction of sp³-hybridized carbons (Fsp3) is 0.278. The van der Waals surface area contributed by atoms with Gasteiger partial charge in [-0.1, -0.05) is 17.7 Å². The largest absolute Gasteiger partial charge is 0.594 e. The summed E-state index contributed by atoms with van der Waals surface area (Å²) >= 11 is 0. The highest BCUT2D eigenvalue weighted by Gasteiger charge is 2.26. The van der Waals surface area contributed by atoms with Gasteiger partial charge in [-0.2, -0.15) is 8.42 Å². The molecule has 0 radical (unpaired) electrons. The lowest BCUT2D eigenvalue weighted by Crippen LogP contribution is -2.33. The first-order valence-electron chi connectivity index (χ1n) is 8.73. The lowest BCUT2D eigenvalue weighted by atomic mass is 10.2. The molecule has 0 spiro atoms. The summed E-state index contributed by atoms with van der Waals surface area (Å²) in [5.41, 5.74) is 1.14. The van der Waals surface area contributed by atoms with Gasteiger partial charge >= 0.3 is 10.1 Å². The van der Waals surface area contributed by atoms with E-state index in [-0.39, 0.29) is 53.7 Å². The van der Waals surface area contributed by atoms with Crippen LogP contribution in [0.4, 0.5) is 5.69 Å². The second-order valence-electron chi connectivity index (χ2n) is 6.20. The molecule has 0 saturated carbocycles. The fourth-order valence-electron chi connectivity index (χ4n) is 2.81. The van der Waals surface area contributed by atoms with Gasteiger partial charge in [0.1, 0.15) is 4.90 Å². The van der Waals surface area contributed by atoms with Crippen molar-refractivity contribution >= 4 is 26.8 Å². The first-order valence-corrected chi connectivity index (χ1v) is 10.1. The molecule has 2 aromatic carbocycles. The Morgan fingerprint density at radius 1 is 1.10 bits per heavy atom. The van der Waals surface area contributed by atoms with E-state index in [0.717, 1.165) is 11.9 Å². The highest BCUT2D eigenvalue weighted by atomic mass is 32.2. The van der Waals surface area contributed by atoms with Crippen LogP contribution in [0.25, 0.3) is 11.0 Å². The van der Waals surface area contributed by atoms with Crippen LogP contribution in [-0.2, 0) is 10.1 Å². The van der Waals surface area contributed by atoms with Crippen LogP contribution < -0.4 is 13.9 Å².